The molecule has 2 amide bonds. The monoisotopic (exact) mass is 388 g/mol. The molecule has 2 heterocycles. The molecule has 0 bridgehead atoms. The van der Waals surface area contributed by atoms with Gasteiger partial charge in [-0.1, -0.05) is 18.2 Å². The lowest BCUT2D eigenvalue weighted by atomic mass is 10.1. The summed E-state index contributed by atoms with van der Waals surface area (Å²) in [5.74, 6) is 0.895. The molecule has 1 aromatic carbocycles. The summed E-state index contributed by atoms with van der Waals surface area (Å²) in [7, 11) is 0. The van der Waals surface area contributed by atoms with Gasteiger partial charge in [-0.3, -0.25) is 9.59 Å². The summed E-state index contributed by atoms with van der Waals surface area (Å²) < 4.78 is 0. The molecule has 26 heavy (non-hydrogen) atoms. The molecule has 0 spiro atoms. The Morgan fingerprint density at radius 3 is 2.65 bits per heavy atom. The average molecular weight is 389 g/mol. The minimum absolute atomic E-state index is 0.106. The molecule has 0 unspecified atom stereocenters. The van der Waals surface area contributed by atoms with E-state index in [4.69, 9.17) is 0 Å². The third-order valence-electron chi connectivity index (χ3n) is 4.41. The molecule has 0 saturated carbocycles. The van der Waals surface area contributed by atoms with Crippen LogP contribution in [0.3, 0.4) is 0 Å². The number of nitrogens with one attached hydrogen (secondary N) is 1. The van der Waals surface area contributed by atoms with Gasteiger partial charge in [0.15, 0.2) is 0 Å². The lowest BCUT2D eigenvalue weighted by Crippen LogP contribution is -2.37. The zero-order chi connectivity index (χ0) is 18.2. The normalized spacial score (nSPS) is 14.2. The molecule has 1 aromatic heterocycles. The van der Waals surface area contributed by atoms with Crippen LogP contribution in [0.2, 0.25) is 0 Å². The van der Waals surface area contributed by atoms with E-state index < -0.39 is 0 Å². The second-order valence-corrected chi connectivity index (χ2v) is 8.36. The first kappa shape index (κ1) is 19.0. The molecule has 1 fully saturated rings. The van der Waals surface area contributed by atoms with E-state index in [-0.39, 0.29) is 11.8 Å². The number of piperidine rings is 1. The van der Waals surface area contributed by atoms with Crippen molar-refractivity contribution in [2.75, 3.05) is 19.6 Å². The zero-order valence-corrected chi connectivity index (χ0v) is 16.4. The van der Waals surface area contributed by atoms with Gasteiger partial charge in [-0.2, -0.15) is 0 Å². The van der Waals surface area contributed by atoms with Gasteiger partial charge >= 0.3 is 0 Å². The molecule has 1 aliphatic rings. The minimum Gasteiger partial charge on any atom is -0.351 e. The van der Waals surface area contributed by atoms with Crippen LogP contribution in [0.25, 0.3) is 0 Å². The second-order valence-electron chi connectivity index (χ2n) is 6.31. The number of carbonyl (C=O) groups excluding carboxylic acids is 2. The van der Waals surface area contributed by atoms with Crippen molar-refractivity contribution in [3.8, 4) is 0 Å². The van der Waals surface area contributed by atoms with Crippen LogP contribution < -0.4 is 5.32 Å². The Labute approximate surface area is 163 Å². The van der Waals surface area contributed by atoms with Crippen molar-refractivity contribution in [3.05, 3.63) is 52.2 Å². The van der Waals surface area contributed by atoms with E-state index >= 15 is 0 Å². The number of nitrogens with zero attached hydrogens (tertiary/aromatic N) is 1. The summed E-state index contributed by atoms with van der Waals surface area (Å²) in [4.78, 5) is 28.9. The zero-order valence-electron chi connectivity index (χ0n) is 14.8. The van der Waals surface area contributed by atoms with Gasteiger partial charge in [0.2, 0.25) is 5.91 Å². The van der Waals surface area contributed by atoms with Crippen LogP contribution in [0.1, 0.15) is 40.9 Å². The van der Waals surface area contributed by atoms with Crippen molar-refractivity contribution in [1.82, 2.24) is 10.2 Å². The fraction of sp³-hybridized carbons (Fsp3) is 0.400. The van der Waals surface area contributed by atoms with Crippen molar-refractivity contribution in [1.29, 1.82) is 0 Å². The van der Waals surface area contributed by atoms with Crippen LogP contribution in [0.5, 0.6) is 0 Å². The molecule has 3 rings (SSSR count). The predicted molar refractivity (Wildman–Crippen MR) is 108 cm³/mol. The first-order valence-corrected chi connectivity index (χ1v) is 10.9. The van der Waals surface area contributed by atoms with Gasteiger partial charge in [0.25, 0.3) is 5.91 Å². The third-order valence-corrected chi connectivity index (χ3v) is 6.60. The number of thiophene rings is 1. The highest BCUT2D eigenvalue weighted by Crippen LogP contribution is 2.27. The van der Waals surface area contributed by atoms with Gasteiger partial charge in [-0.25, -0.2) is 0 Å². The van der Waals surface area contributed by atoms with Crippen LogP contribution >= 0.6 is 23.1 Å². The quantitative estimate of drug-likeness (QED) is 0.724. The molecular weight excluding hydrogens is 364 g/mol. The van der Waals surface area contributed by atoms with E-state index in [1.54, 1.807) is 23.1 Å². The van der Waals surface area contributed by atoms with Gasteiger partial charge < -0.3 is 10.2 Å². The van der Waals surface area contributed by atoms with E-state index in [0.717, 1.165) is 36.6 Å². The van der Waals surface area contributed by atoms with E-state index in [2.05, 4.69) is 16.8 Å². The molecule has 6 heteroatoms. The Bertz CT molecular complexity index is 725. The summed E-state index contributed by atoms with van der Waals surface area (Å²) in [6.07, 6.45) is 3.76. The summed E-state index contributed by atoms with van der Waals surface area (Å²) in [6, 6.07) is 11.8. The summed E-state index contributed by atoms with van der Waals surface area (Å²) in [6.45, 7) is 2.10. The molecule has 1 saturated heterocycles. The van der Waals surface area contributed by atoms with E-state index in [1.165, 1.54) is 11.3 Å². The lowest BCUT2D eigenvalue weighted by Gasteiger charge is -2.26. The minimum atomic E-state index is -0.106. The van der Waals surface area contributed by atoms with Crippen LogP contribution in [0.15, 0.2) is 46.7 Å². The van der Waals surface area contributed by atoms with Crippen molar-refractivity contribution in [2.24, 2.45) is 0 Å². The molecule has 1 aliphatic heterocycles. The molecule has 4 nitrogen and oxygen atoms in total. The number of hydrogen-bond acceptors (Lipinski definition) is 4. The van der Waals surface area contributed by atoms with Crippen LogP contribution in [0, 0.1) is 0 Å². The van der Waals surface area contributed by atoms with Crippen LogP contribution in [0.4, 0.5) is 0 Å². The van der Waals surface area contributed by atoms with Gasteiger partial charge in [-0.15, -0.1) is 23.1 Å². The molecule has 0 aliphatic carbocycles. The average Bonchev–Trinajstić information content (AvgIpc) is 3.20. The topological polar surface area (TPSA) is 49.4 Å². The Morgan fingerprint density at radius 2 is 1.88 bits per heavy atom. The Balaban J connectivity index is 1.50. The van der Waals surface area contributed by atoms with Crippen molar-refractivity contribution in [2.45, 2.75) is 36.3 Å². The summed E-state index contributed by atoms with van der Waals surface area (Å²) >= 11 is 3.39. The number of thioether (sulfide) groups is 1. The first-order valence-electron chi connectivity index (χ1n) is 9.04. The summed E-state index contributed by atoms with van der Waals surface area (Å²) in [5, 5.41) is 4.97. The highest BCUT2D eigenvalue weighted by Gasteiger charge is 2.17. The predicted octanol–water partition coefficient (Wildman–Crippen LogP) is 4.17. The maximum Gasteiger partial charge on any atom is 0.252 e. The highest BCUT2D eigenvalue weighted by molar-refractivity contribution is 7.98. The Kier molecular flexibility index (Phi) is 7.14. The summed E-state index contributed by atoms with van der Waals surface area (Å²) in [5.41, 5.74) is 0.680. The smallest absolute Gasteiger partial charge is 0.252 e. The van der Waals surface area contributed by atoms with Gasteiger partial charge in [-0.05, 0) is 42.8 Å². The van der Waals surface area contributed by atoms with Gasteiger partial charge in [0, 0.05) is 41.6 Å². The highest BCUT2D eigenvalue weighted by atomic mass is 32.2. The maximum absolute atomic E-state index is 12.5. The number of rotatable bonds is 7. The molecule has 1 N–H and O–H groups in total. The molecule has 138 valence electrons. The fourth-order valence-corrected chi connectivity index (χ4v) is 4.83. The molecule has 2 aromatic rings. The Hall–Kier alpha value is -1.79. The first-order chi connectivity index (χ1) is 12.7. The molecule has 0 radical (unpaired) electrons. The lowest BCUT2D eigenvalue weighted by molar-refractivity contribution is -0.131. The third kappa shape index (κ3) is 5.35. The number of amides is 2. The second kappa shape index (κ2) is 9.78. The van der Waals surface area contributed by atoms with E-state index in [0.29, 0.717) is 18.5 Å². The van der Waals surface area contributed by atoms with Gasteiger partial charge in [0.1, 0.15) is 0 Å². The van der Waals surface area contributed by atoms with Crippen LogP contribution in [-0.4, -0.2) is 36.3 Å². The molecular formula is C20H24N2O2S2. The molecule has 0 atom stereocenters. The number of carbonyl (C=O) groups is 2. The van der Waals surface area contributed by atoms with Crippen molar-refractivity contribution in [3.63, 3.8) is 0 Å². The standard InChI is InChI=1S/C20H24N2O2S2/c23-19(22-12-4-1-5-13-22)10-11-21-20(24)17-8-2-3-9-18(17)26-15-16-7-6-14-25-16/h2-3,6-9,14H,1,4-5,10-13,15H2,(H,21,24). The van der Waals surface area contributed by atoms with Gasteiger partial charge in [0.05, 0.1) is 5.56 Å². The number of benzene rings is 1. The maximum atomic E-state index is 12.5. The van der Waals surface area contributed by atoms with E-state index in [1.807, 2.05) is 35.2 Å². The largest absolute Gasteiger partial charge is 0.351 e. The number of likely N-dealkylation sites (tertiary alicyclic amines) is 1. The van der Waals surface area contributed by atoms with Crippen molar-refractivity contribution >= 4 is 34.9 Å². The number of hydrogen-bond donors (Lipinski definition) is 1. The van der Waals surface area contributed by atoms with Crippen molar-refractivity contribution < 1.29 is 9.59 Å². The Morgan fingerprint density at radius 1 is 1.08 bits per heavy atom. The van der Waals surface area contributed by atoms with Crippen LogP contribution in [-0.2, 0) is 10.5 Å². The SMILES string of the molecule is O=C(NCCC(=O)N1CCCCC1)c1ccccc1SCc1cccs1. The van der Waals surface area contributed by atoms with E-state index in [9.17, 15) is 9.59 Å². The fourth-order valence-electron chi connectivity index (χ4n) is 3.00.